The van der Waals surface area contributed by atoms with Gasteiger partial charge >= 0.3 is 5.63 Å². The highest BCUT2D eigenvalue weighted by Crippen LogP contribution is 2.47. The van der Waals surface area contributed by atoms with Crippen molar-refractivity contribution in [2.75, 3.05) is 21.3 Å². The summed E-state index contributed by atoms with van der Waals surface area (Å²) in [4.78, 5) is 13.0. The number of fused-ring (bicyclic) bond motifs is 3. The average Bonchev–Trinajstić information content (AvgIpc) is 2.77. The SMILES string of the molecule is COc1cc([C@@H]2C(C#N)=C(N)Oc3c2c(=O)oc2ccccc32)cc(OC)c1OC. The van der Waals surface area contributed by atoms with Crippen LogP contribution in [-0.4, -0.2) is 21.3 Å². The monoisotopic (exact) mass is 406 g/mol. The lowest BCUT2D eigenvalue weighted by Gasteiger charge is -2.26. The van der Waals surface area contributed by atoms with E-state index in [9.17, 15) is 10.1 Å². The van der Waals surface area contributed by atoms with Gasteiger partial charge in [-0.3, -0.25) is 0 Å². The topological polar surface area (TPSA) is 117 Å². The van der Waals surface area contributed by atoms with Crippen molar-refractivity contribution in [1.82, 2.24) is 0 Å². The van der Waals surface area contributed by atoms with Gasteiger partial charge in [0.25, 0.3) is 0 Å². The number of ether oxygens (including phenoxy) is 4. The first-order chi connectivity index (χ1) is 14.5. The molecule has 30 heavy (non-hydrogen) atoms. The average molecular weight is 406 g/mol. The van der Waals surface area contributed by atoms with E-state index in [0.29, 0.717) is 33.8 Å². The van der Waals surface area contributed by atoms with E-state index in [1.165, 1.54) is 21.3 Å². The highest BCUT2D eigenvalue weighted by atomic mass is 16.5. The van der Waals surface area contributed by atoms with Crippen molar-refractivity contribution in [3.05, 3.63) is 69.4 Å². The third kappa shape index (κ3) is 2.79. The lowest BCUT2D eigenvalue weighted by molar-refractivity contribution is 0.323. The van der Waals surface area contributed by atoms with E-state index < -0.39 is 11.5 Å². The Morgan fingerprint density at radius 1 is 1.07 bits per heavy atom. The number of benzene rings is 2. The van der Waals surface area contributed by atoms with Crippen LogP contribution in [0.3, 0.4) is 0 Å². The first kappa shape index (κ1) is 19.2. The Kier molecular flexibility index (Phi) is 4.72. The highest BCUT2D eigenvalue weighted by Gasteiger charge is 2.36. The van der Waals surface area contributed by atoms with Gasteiger partial charge in [-0.2, -0.15) is 5.26 Å². The van der Waals surface area contributed by atoms with Gasteiger partial charge in [-0.25, -0.2) is 4.79 Å². The van der Waals surface area contributed by atoms with Crippen molar-refractivity contribution in [2.45, 2.75) is 5.92 Å². The van der Waals surface area contributed by atoms with Gasteiger partial charge in [0.2, 0.25) is 11.6 Å². The lowest BCUT2D eigenvalue weighted by atomic mass is 9.83. The fourth-order valence-corrected chi connectivity index (χ4v) is 3.67. The number of methoxy groups -OCH3 is 3. The van der Waals surface area contributed by atoms with Crippen LogP contribution in [0.4, 0.5) is 0 Å². The maximum atomic E-state index is 13.0. The predicted octanol–water partition coefficient (Wildman–Crippen LogP) is 3.04. The van der Waals surface area contributed by atoms with E-state index in [-0.39, 0.29) is 22.8 Å². The van der Waals surface area contributed by atoms with Crippen LogP contribution in [0.25, 0.3) is 11.0 Å². The summed E-state index contributed by atoms with van der Waals surface area (Å²) in [5, 5.41) is 10.4. The minimum absolute atomic E-state index is 0.0827. The van der Waals surface area contributed by atoms with Crippen molar-refractivity contribution in [1.29, 1.82) is 5.26 Å². The molecule has 152 valence electrons. The number of nitriles is 1. The van der Waals surface area contributed by atoms with Gasteiger partial charge in [0.1, 0.15) is 17.2 Å². The van der Waals surface area contributed by atoms with Gasteiger partial charge < -0.3 is 29.1 Å². The largest absolute Gasteiger partial charge is 0.493 e. The van der Waals surface area contributed by atoms with Crippen LogP contribution in [0, 0.1) is 11.3 Å². The molecule has 0 unspecified atom stereocenters. The first-order valence-corrected chi connectivity index (χ1v) is 8.97. The molecule has 1 aliphatic rings. The molecule has 3 aromatic rings. The van der Waals surface area contributed by atoms with Crippen LogP contribution in [0.2, 0.25) is 0 Å². The molecule has 0 aliphatic carbocycles. The number of hydrogen-bond acceptors (Lipinski definition) is 8. The Morgan fingerprint density at radius 3 is 2.33 bits per heavy atom. The second-order valence-corrected chi connectivity index (χ2v) is 6.51. The number of nitrogens with two attached hydrogens (primary N) is 1. The molecule has 1 aliphatic heterocycles. The van der Waals surface area contributed by atoms with Gasteiger partial charge in [0, 0.05) is 0 Å². The molecule has 1 aromatic heterocycles. The second-order valence-electron chi connectivity index (χ2n) is 6.51. The standard InChI is InChI=1S/C22H18N2O6/c1-26-15-8-11(9-16(27-2)20(15)28-3)17-13(10-23)21(24)30-19-12-6-4-5-7-14(12)29-22(25)18(17)19/h4-9,17H,24H2,1-3H3/t17-/m1/s1. The Morgan fingerprint density at radius 2 is 1.73 bits per heavy atom. The van der Waals surface area contributed by atoms with E-state index in [0.717, 1.165) is 0 Å². The van der Waals surface area contributed by atoms with Crippen LogP contribution >= 0.6 is 0 Å². The molecule has 0 fully saturated rings. The molecule has 0 bridgehead atoms. The third-order valence-electron chi connectivity index (χ3n) is 4.99. The summed E-state index contributed by atoms with van der Waals surface area (Å²) in [7, 11) is 4.45. The molecule has 8 heteroatoms. The first-order valence-electron chi connectivity index (χ1n) is 8.97. The van der Waals surface area contributed by atoms with Gasteiger partial charge in [-0.1, -0.05) is 12.1 Å². The summed E-state index contributed by atoms with van der Waals surface area (Å²) in [5.74, 6) is 0.476. The Hall–Kier alpha value is -4.12. The maximum Gasteiger partial charge on any atom is 0.344 e. The van der Waals surface area contributed by atoms with Crippen molar-refractivity contribution in [2.24, 2.45) is 5.73 Å². The van der Waals surface area contributed by atoms with Crippen LogP contribution in [-0.2, 0) is 0 Å². The molecule has 4 rings (SSSR count). The third-order valence-corrected chi connectivity index (χ3v) is 4.99. The lowest BCUT2D eigenvalue weighted by Crippen LogP contribution is -2.26. The van der Waals surface area contributed by atoms with E-state index in [1.807, 2.05) is 0 Å². The molecule has 2 N–H and O–H groups in total. The van der Waals surface area contributed by atoms with E-state index in [4.69, 9.17) is 29.1 Å². The number of hydrogen-bond donors (Lipinski definition) is 1. The smallest absolute Gasteiger partial charge is 0.344 e. The zero-order valence-electron chi connectivity index (χ0n) is 16.5. The van der Waals surface area contributed by atoms with E-state index in [2.05, 4.69) is 6.07 Å². The summed E-state index contributed by atoms with van der Waals surface area (Å²) in [6.45, 7) is 0. The summed E-state index contributed by atoms with van der Waals surface area (Å²) in [6.07, 6.45) is 0. The molecule has 2 heterocycles. The molecule has 0 radical (unpaired) electrons. The van der Waals surface area contributed by atoms with Crippen molar-refractivity contribution >= 4 is 11.0 Å². The fourth-order valence-electron chi connectivity index (χ4n) is 3.67. The summed E-state index contributed by atoms with van der Waals surface area (Å²) in [6, 6.07) is 12.4. The maximum absolute atomic E-state index is 13.0. The number of nitrogens with zero attached hydrogens (tertiary/aromatic N) is 1. The van der Waals surface area contributed by atoms with Gasteiger partial charge in [-0.15, -0.1) is 0 Å². The van der Waals surface area contributed by atoms with Crippen molar-refractivity contribution in [3.8, 4) is 29.1 Å². The molecular weight excluding hydrogens is 388 g/mol. The Labute approximate surface area is 171 Å². The Balaban J connectivity index is 2.07. The Bertz CT molecular complexity index is 1260. The molecule has 0 spiro atoms. The van der Waals surface area contributed by atoms with Gasteiger partial charge in [0.05, 0.1) is 38.2 Å². The van der Waals surface area contributed by atoms with Crippen LogP contribution in [0.15, 0.2) is 57.1 Å². The normalized spacial score (nSPS) is 15.2. The number of allylic oxidation sites excluding steroid dienone is 1. The quantitative estimate of drug-likeness (QED) is 0.657. The molecule has 2 aromatic carbocycles. The molecule has 0 saturated heterocycles. The molecule has 0 saturated carbocycles. The molecule has 0 amide bonds. The molecular formula is C22H18N2O6. The van der Waals surface area contributed by atoms with Gasteiger partial charge in [-0.05, 0) is 29.8 Å². The summed E-state index contributed by atoms with van der Waals surface area (Å²) >= 11 is 0. The summed E-state index contributed by atoms with van der Waals surface area (Å²) < 4.78 is 27.5. The minimum Gasteiger partial charge on any atom is -0.493 e. The zero-order valence-corrected chi connectivity index (χ0v) is 16.5. The minimum atomic E-state index is -0.840. The molecule has 1 atom stereocenters. The van der Waals surface area contributed by atoms with E-state index >= 15 is 0 Å². The van der Waals surface area contributed by atoms with Crippen LogP contribution < -0.4 is 30.3 Å². The highest BCUT2D eigenvalue weighted by molar-refractivity contribution is 5.86. The fraction of sp³-hybridized carbons (Fsp3) is 0.182. The van der Waals surface area contributed by atoms with Crippen LogP contribution in [0.5, 0.6) is 23.0 Å². The number of rotatable bonds is 4. The summed E-state index contributed by atoms with van der Waals surface area (Å²) in [5.41, 5.74) is 6.62. The van der Waals surface area contributed by atoms with Crippen molar-refractivity contribution < 1.29 is 23.4 Å². The second kappa shape index (κ2) is 7.37. The van der Waals surface area contributed by atoms with Gasteiger partial charge in [0.15, 0.2) is 17.2 Å². The molecule has 8 nitrogen and oxygen atoms in total. The zero-order chi connectivity index (χ0) is 21.4. The van der Waals surface area contributed by atoms with Crippen molar-refractivity contribution in [3.63, 3.8) is 0 Å². The van der Waals surface area contributed by atoms with Crippen LogP contribution in [0.1, 0.15) is 17.0 Å². The van der Waals surface area contributed by atoms with E-state index in [1.54, 1.807) is 36.4 Å². The number of para-hydroxylation sites is 1. The predicted molar refractivity (Wildman–Crippen MR) is 108 cm³/mol.